The topological polar surface area (TPSA) is 15.3 Å². The van der Waals surface area contributed by atoms with Gasteiger partial charge in [0, 0.05) is 13.1 Å². The summed E-state index contributed by atoms with van der Waals surface area (Å²) < 4.78 is 0. The van der Waals surface area contributed by atoms with Gasteiger partial charge in [0.1, 0.15) is 0 Å². The molecule has 1 aliphatic heterocycles. The SMILES string of the molecule is CCCNCC(C)CN1CCCC(C)C1. The maximum Gasteiger partial charge on any atom is 0.00193 e. The first-order valence-electron chi connectivity index (χ1n) is 6.65. The van der Waals surface area contributed by atoms with Gasteiger partial charge in [-0.25, -0.2) is 0 Å². The molecular weight excluding hydrogens is 184 g/mol. The second kappa shape index (κ2) is 7.24. The van der Waals surface area contributed by atoms with Crippen molar-refractivity contribution in [1.82, 2.24) is 10.2 Å². The van der Waals surface area contributed by atoms with Gasteiger partial charge in [-0.15, -0.1) is 0 Å². The lowest BCUT2D eigenvalue weighted by Gasteiger charge is -2.32. The van der Waals surface area contributed by atoms with Crippen LogP contribution in [-0.2, 0) is 0 Å². The van der Waals surface area contributed by atoms with E-state index < -0.39 is 0 Å². The first-order chi connectivity index (χ1) is 7.22. The Morgan fingerprint density at radius 1 is 1.47 bits per heavy atom. The Labute approximate surface area is 95.4 Å². The molecule has 0 aromatic heterocycles. The maximum absolute atomic E-state index is 3.51. The summed E-state index contributed by atoms with van der Waals surface area (Å²) in [7, 11) is 0. The molecule has 0 aromatic carbocycles. The third kappa shape index (κ3) is 5.53. The van der Waals surface area contributed by atoms with Crippen molar-refractivity contribution in [3.05, 3.63) is 0 Å². The molecule has 1 aliphatic rings. The van der Waals surface area contributed by atoms with Crippen molar-refractivity contribution in [2.45, 2.75) is 40.0 Å². The van der Waals surface area contributed by atoms with E-state index in [9.17, 15) is 0 Å². The Hall–Kier alpha value is -0.0800. The molecule has 0 spiro atoms. The summed E-state index contributed by atoms with van der Waals surface area (Å²) in [6.07, 6.45) is 4.07. The minimum atomic E-state index is 0.793. The van der Waals surface area contributed by atoms with Crippen molar-refractivity contribution in [2.75, 3.05) is 32.7 Å². The highest BCUT2D eigenvalue weighted by Gasteiger charge is 2.17. The molecule has 1 N–H and O–H groups in total. The van der Waals surface area contributed by atoms with Crippen LogP contribution in [0.15, 0.2) is 0 Å². The number of nitrogens with zero attached hydrogens (tertiary/aromatic N) is 1. The van der Waals surface area contributed by atoms with Crippen LogP contribution in [0.25, 0.3) is 0 Å². The van der Waals surface area contributed by atoms with Crippen molar-refractivity contribution in [2.24, 2.45) is 11.8 Å². The highest BCUT2D eigenvalue weighted by Crippen LogP contribution is 2.16. The molecule has 2 heteroatoms. The Morgan fingerprint density at radius 2 is 2.27 bits per heavy atom. The molecule has 0 saturated carbocycles. The Bertz CT molecular complexity index is 159. The van der Waals surface area contributed by atoms with Gasteiger partial charge in [0.25, 0.3) is 0 Å². The zero-order chi connectivity index (χ0) is 11.1. The van der Waals surface area contributed by atoms with Crippen LogP contribution in [0.5, 0.6) is 0 Å². The van der Waals surface area contributed by atoms with E-state index >= 15 is 0 Å². The normalized spacial score (nSPS) is 25.4. The molecule has 0 aromatic rings. The van der Waals surface area contributed by atoms with Crippen LogP contribution in [0.3, 0.4) is 0 Å². The number of rotatable bonds is 6. The molecule has 90 valence electrons. The smallest absolute Gasteiger partial charge is 0.00193 e. The van der Waals surface area contributed by atoms with E-state index in [1.165, 1.54) is 52.0 Å². The standard InChI is InChI=1S/C13H28N2/c1-4-7-14-9-13(3)11-15-8-5-6-12(2)10-15/h12-14H,4-11H2,1-3H3. The largest absolute Gasteiger partial charge is 0.316 e. The summed E-state index contributed by atoms with van der Waals surface area (Å²) in [5.74, 6) is 1.71. The Kier molecular flexibility index (Phi) is 6.26. The lowest BCUT2D eigenvalue weighted by molar-refractivity contribution is 0.162. The van der Waals surface area contributed by atoms with E-state index in [4.69, 9.17) is 0 Å². The van der Waals surface area contributed by atoms with Crippen molar-refractivity contribution in [3.63, 3.8) is 0 Å². The van der Waals surface area contributed by atoms with Crippen LogP contribution in [0.4, 0.5) is 0 Å². The van der Waals surface area contributed by atoms with Crippen LogP contribution in [0, 0.1) is 11.8 Å². The van der Waals surface area contributed by atoms with Crippen molar-refractivity contribution < 1.29 is 0 Å². The second-order valence-electron chi connectivity index (χ2n) is 5.32. The molecule has 1 saturated heterocycles. The molecule has 15 heavy (non-hydrogen) atoms. The predicted octanol–water partition coefficient (Wildman–Crippen LogP) is 2.35. The molecule has 1 heterocycles. The van der Waals surface area contributed by atoms with Gasteiger partial charge in [-0.3, -0.25) is 0 Å². The van der Waals surface area contributed by atoms with Crippen molar-refractivity contribution in [1.29, 1.82) is 0 Å². The number of nitrogens with one attached hydrogen (secondary N) is 1. The molecular formula is C13H28N2. The maximum atomic E-state index is 3.51. The van der Waals surface area contributed by atoms with Gasteiger partial charge in [0.05, 0.1) is 0 Å². The van der Waals surface area contributed by atoms with Gasteiger partial charge in [0.15, 0.2) is 0 Å². The van der Waals surface area contributed by atoms with Crippen LogP contribution in [-0.4, -0.2) is 37.6 Å². The number of likely N-dealkylation sites (tertiary alicyclic amines) is 1. The summed E-state index contributed by atoms with van der Waals surface area (Å²) in [5, 5.41) is 3.51. The molecule has 1 rings (SSSR count). The first-order valence-corrected chi connectivity index (χ1v) is 6.65. The molecule has 0 bridgehead atoms. The van der Waals surface area contributed by atoms with E-state index in [2.05, 4.69) is 31.0 Å². The van der Waals surface area contributed by atoms with Crippen LogP contribution in [0.1, 0.15) is 40.0 Å². The van der Waals surface area contributed by atoms with Gasteiger partial charge in [0.2, 0.25) is 0 Å². The van der Waals surface area contributed by atoms with Gasteiger partial charge < -0.3 is 10.2 Å². The quantitative estimate of drug-likeness (QED) is 0.680. The van der Waals surface area contributed by atoms with E-state index in [1.54, 1.807) is 0 Å². The predicted molar refractivity (Wildman–Crippen MR) is 67.2 cm³/mol. The van der Waals surface area contributed by atoms with Gasteiger partial charge in [-0.1, -0.05) is 20.8 Å². The Balaban J connectivity index is 2.10. The molecule has 0 radical (unpaired) electrons. The number of hydrogen-bond donors (Lipinski definition) is 1. The van der Waals surface area contributed by atoms with E-state index in [0.717, 1.165) is 11.8 Å². The second-order valence-corrected chi connectivity index (χ2v) is 5.32. The van der Waals surface area contributed by atoms with Gasteiger partial charge in [-0.2, -0.15) is 0 Å². The van der Waals surface area contributed by atoms with Crippen molar-refractivity contribution in [3.8, 4) is 0 Å². The minimum Gasteiger partial charge on any atom is -0.316 e. The molecule has 2 atom stereocenters. The fraction of sp³-hybridized carbons (Fsp3) is 1.00. The van der Waals surface area contributed by atoms with E-state index in [0.29, 0.717) is 0 Å². The van der Waals surface area contributed by atoms with E-state index in [1.807, 2.05) is 0 Å². The van der Waals surface area contributed by atoms with Crippen LogP contribution >= 0.6 is 0 Å². The zero-order valence-electron chi connectivity index (χ0n) is 10.8. The monoisotopic (exact) mass is 212 g/mol. The van der Waals surface area contributed by atoms with E-state index in [-0.39, 0.29) is 0 Å². The summed E-state index contributed by atoms with van der Waals surface area (Å²) in [5.41, 5.74) is 0. The first kappa shape index (κ1) is 13.0. The highest BCUT2D eigenvalue weighted by molar-refractivity contribution is 4.72. The Morgan fingerprint density at radius 3 is 2.93 bits per heavy atom. The summed E-state index contributed by atoms with van der Waals surface area (Å²) in [6, 6.07) is 0. The average molecular weight is 212 g/mol. The number of piperidine rings is 1. The van der Waals surface area contributed by atoms with Gasteiger partial charge >= 0.3 is 0 Å². The van der Waals surface area contributed by atoms with Crippen molar-refractivity contribution >= 4 is 0 Å². The molecule has 0 aliphatic carbocycles. The van der Waals surface area contributed by atoms with Crippen LogP contribution in [0.2, 0.25) is 0 Å². The molecule has 2 unspecified atom stereocenters. The minimum absolute atomic E-state index is 0.793. The third-order valence-corrected chi connectivity index (χ3v) is 3.23. The number of hydrogen-bond acceptors (Lipinski definition) is 2. The zero-order valence-corrected chi connectivity index (χ0v) is 10.8. The lowest BCUT2D eigenvalue weighted by Crippen LogP contribution is -2.39. The van der Waals surface area contributed by atoms with Gasteiger partial charge in [-0.05, 0) is 50.7 Å². The molecule has 2 nitrogen and oxygen atoms in total. The summed E-state index contributed by atoms with van der Waals surface area (Å²) >= 11 is 0. The fourth-order valence-electron chi connectivity index (χ4n) is 2.48. The highest BCUT2D eigenvalue weighted by atomic mass is 15.1. The molecule has 1 fully saturated rings. The summed E-state index contributed by atoms with van der Waals surface area (Å²) in [6.45, 7) is 13.2. The summed E-state index contributed by atoms with van der Waals surface area (Å²) in [4.78, 5) is 2.65. The van der Waals surface area contributed by atoms with Crippen LogP contribution < -0.4 is 5.32 Å². The fourth-order valence-corrected chi connectivity index (χ4v) is 2.48. The molecule has 0 amide bonds. The average Bonchev–Trinajstić information content (AvgIpc) is 2.18. The third-order valence-electron chi connectivity index (χ3n) is 3.23. The lowest BCUT2D eigenvalue weighted by atomic mass is 9.99.